The Labute approximate surface area is 120 Å². The number of ether oxygens (including phenoxy) is 1. The smallest absolute Gasteiger partial charge is 0.337 e. The lowest BCUT2D eigenvalue weighted by atomic mass is 10.1. The number of methoxy groups -OCH3 is 1. The van der Waals surface area contributed by atoms with E-state index >= 15 is 0 Å². The van der Waals surface area contributed by atoms with Gasteiger partial charge < -0.3 is 10.5 Å². The van der Waals surface area contributed by atoms with E-state index in [1.807, 2.05) is 6.07 Å². The fourth-order valence-corrected chi connectivity index (χ4v) is 2.67. The van der Waals surface area contributed by atoms with Crippen LogP contribution < -0.4 is 5.73 Å². The van der Waals surface area contributed by atoms with Crippen LogP contribution in [-0.4, -0.2) is 13.1 Å². The van der Waals surface area contributed by atoms with Crippen molar-refractivity contribution >= 4 is 23.4 Å². The van der Waals surface area contributed by atoms with E-state index in [1.54, 1.807) is 24.3 Å². The second-order valence-electron chi connectivity index (χ2n) is 4.20. The van der Waals surface area contributed by atoms with Gasteiger partial charge in [-0.15, -0.1) is 11.8 Å². The third-order valence-corrected chi connectivity index (χ3v) is 3.69. The summed E-state index contributed by atoms with van der Waals surface area (Å²) in [4.78, 5) is 12.2. The maximum Gasteiger partial charge on any atom is 0.337 e. The van der Waals surface area contributed by atoms with Gasteiger partial charge in [0.05, 0.1) is 12.7 Å². The molecule has 0 radical (unpaired) electrons. The monoisotopic (exact) mass is 291 g/mol. The number of nitrogens with two attached hydrogens (primary N) is 1. The zero-order chi connectivity index (χ0) is 14.5. The molecule has 0 saturated heterocycles. The Kier molecular flexibility index (Phi) is 4.63. The van der Waals surface area contributed by atoms with Crippen LogP contribution in [0.4, 0.5) is 10.1 Å². The summed E-state index contributed by atoms with van der Waals surface area (Å²) in [5.41, 5.74) is 7.46. The molecule has 2 aromatic rings. The van der Waals surface area contributed by atoms with Crippen LogP contribution in [0, 0.1) is 5.82 Å². The van der Waals surface area contributed by atoms with Gasteiger partial charge in [0.1, 0.15) is 5.82 Å². The van der Waals surface area contributed by atoms with Crippen LogP contribution >= 0.6 is 11.8 Å². The number of anilines is 1. The van der Waals surface area contributed by atoms with Crippen molar-refractivity contribution in [3.63, 3.8) is 0 Å². The summed E-state index contributed by atoms with van der Waals surface area (Å²) in [5, 5.41) is 0. The highest BCUT2D eigenvalue weighted by Crippen LogP contribution is 2.26. The number of hydrogen-bond acceptors (Lipinski definition) is 4. The minimum absolute atomic E-state index is 0.351. The van der Waals surface area contributed by atoms with Crippen LogP contribution in [0.15, 0.2) is 47.4 Å². The summed E-state index contributed by atoms with van der Waals surface area (Å²) in [6.45, 7) is 0. The van der Waals surface area contributed by atoms with Crippen molar-refractivity contribution < 1.29 is 13.9 Å². The Balaban J connectivity index is 2.09. The molecular weight excluding hydrogens is 277 g/mol. The van der Waals surface area contributed by atoms with Crippen molar-refractivity contribution in [2.45, 2.75) is 10.6 Å². The van der Waals surface area contributed by atoms with Crippen molar-refractivity contribution in [3.05, 3.63) is 59.4 Å². The van der Waals surface area contributed by atoms with Gasteiger partial charge in [0.25, 0.3) is 0 Å². The number of hydrogen-bond donors (Lipinski definition) is 1. The summed E-state index contributed by atoms with van der Waals surface area (Å²) >= 11 is 1.46. The van der Waals surface area contributed by atoms with E-state index in [4.69, 9.17) is 5.73 Å². The number of nitrogen functional groups attached to an aromatic ring is 1. The quantitative estimate of drug-likeness (QED) is 0.532. The molecule has 0 aliphatic heterocycles. The van der Waals surface area contributed by atoms with E-state index in [-0.39, 0.29) is 11.8 Å². The van der Waals surface area contributed by atoms with E-state index in [1.165, 1.54) is 31.0 Å². The molecule has 0 bridgehead atoms. The molecule has 5 heteroatoms. The van der Waals surface area contributed by atoms with Crippen LogP contribution in [0.25, 0.3) is 0 Å². The summed E-state index contributed by atoms with van der Waals surface area (Å²) in [7, 11) is 1.35. The molecule has 0 aliphatic rings. The molecule has 104 valence electrons. The maximum absolute atomic E-state index is 13.2. The zero-order valence-corrected chi connectivity index (χ0v) is 11.7. The number of halogens is 1. The predicted molar refractivity (Wildman–Crippen MR) is 78.2 cm³/mol. The minimum Gasteiger partial charge on any atom is -0.465 e. The van der Waals surface area contributed by atoms with Crippen LogP contribution in [0.2, 0.25) is 0 Å². The van der Waals surface area contributed by atoms with Gasteiger partial charge >= 0.3 is 5.97 Å². The summed E-state index contributed by atoms with van der Waals surface area (Å²) in [5.74, 6) is -0.101. The average molecular weight is 291 g/mol. The molecule has 0 spiro atoms. The Morgan fingerprint density at radius 1 is 1.30 bits per heavy atom. The van der Waals surface area contributed by atoms with Gasteiger partial charge in [-0.3, -0.25) is 0 Å². The molecule has 3 nitrogen and oxygen atoms in total. The second kappa shape index (κ2) is 6.43. The minimum atomic E-state index is -0.369. The van der Waals surface area contributed by atoms with Crippen molar-refractivity contribution in [3.8, 4) is 0 Å². The highest BCUT2D eigenvalue weighted by Gasteiger charge is 2.06. The van der Waals surface area contributed by atoms with Gasteiger partial charge in [0, 0.05) is 16.3 Å². The Bertz CT molecular complexity index is 611. The molecular formula is C15H14FNO2S. The Hall–Kier alpha value is -2.01. The molecule has 2 rings (SSSR count). The maximum atomic E-state index is 13.2. The summed E-state index contributed by atoms with van der Waals surface area (Å²) in [6.07, 6.45) is 0. The Morgan fingerprint density at radius 3 is 2.80 bits per heavy atom. The number of carbonyl (C=O) groups excluding carboxylic acids is 1. The number of rotatable bonds is 4. The number of benzene rings is 2. The fraction of sp³-hybridized carbons (Fsp3) is 0.133. The van der Waals surface area contributed by atoms with Gasteiger partial charge in [-0.2, -0.15) is 0 Å². The number of thioether (sulfide) groups is 1. The normalized spacial score (nSPS) is 10.3. The van der Waals surface area contributed by atoms with Crippen molar-refractivity contribution in [1.82, 2.24) is 0 Å². The SMILES string of the molecule is COC(=O)c1cccc(CSc2cc(N)cc(F)c2)c1. The highest BCUT2D eigenvalue weighted by molar-refractivity contribution is 7.98. The van der Waals surface area contributed by atoms with Crippen LogP contribution in [0.3, 0.4) is 0 Å². The first-order chi connectivity index (χ1) is 9.58. The topological polar surface area (TPSA) is 52.3 Å². The average Bonchev–Trinajstić information content (AvgIpc) is 2.43. The lowest BCUT2D eigenvalue weighted by Crippen LogP contribution is -2.01. The van der Waals surface area contributed by atoms with Crippen molar-refractivity contribution in [2.75, 3.05) is 12.8 Å². The second-order valence-corrected chi connectivity index (χ2v) is 5.25. The first kappa shape index (κ1) is 14.4. The van der Waals surface area contributed by atoms with E-state index < -0.39 is 0 Å². The molecule has 2 aromatic carbocycles. The first-order valence-electron chi connectivity index (χ1n) is 5.94. The molecule has 20 heavy (non-hydrogen) atoms. The summed E-state index contributed by atoms with van der Waals surface area (Å²) in [6, 6.07) is 11.6. The van der Waals surface area contributed by atoms with Gasteiger partial charge in [0.15, 0.2) is 0 Å². The van der Waals surface area contributed by atoms with Gasteiger partial charge in [-0.25, -0.2) is 9.18 Å². The highest BCUT2D eigenvalue weighted by atomic mass is 32.2. The lowest BCUT2D eigenvalue weighted by Gasteiger charge is -2.05. The molecule has 0 aliphatic carbocycles. The van der Waals surface area contributed by atoms with Crippen LogP contribution in [-0.2, 0) is 10.5 Å². The molecule has 2 N–H and O–H groups in total. The molecule has 0 fully saturated rings. The van der Waals surface area contributed by atoms with Gasteiger partial charge in [-0.05, 0) is 35.9 Å². The Morgan fingerprint density at radius 2 is 2.10 bits per heavy atom. The van der Waals surface area contributed by atoms with Crippen molar-refractivity contribution in [1.29, 1.82) is 0 Å². The number of esters is 1. The predicted octanol–water partition coefficient (Wildman–Crippen LogP) is 3.49. The van der Waals surface area contributed by atoms with E-state index in [9.17, 15) is 9.18 Å². The summed E-state index contributed by atoms with van der Waals surface area (Å²) < 4.78 is 17.9. The molecule has 0 amide bonds. The third kappa shape index (κ3) is 3.74. The van der Waals surface area contributed by atoms with Crippen LogP contribution in [0.1, 0.15) is 15.9 Å². The number of carbonyl (C=O) groups is 1. The molecule has 0 unspecified atom stereocenters. The standard InChI is InChI=1S/C15H14FNO2S/c1-19-15(18)11-4-2-3-10(5-11)9-20-14-7-12(16)6-13(17)8-14/h2-8H,9,17H2,1H3. The fourth-order valence-electron chi connectivity index (χ4n) is 1.74. The first-order valence-corrected chi connectivity index (χ1v) is 6.93. The zero-order valence-electron chi connectivity index (χ0n) is 10.9. The van der Waals surface area contributed by atoms with Crippen molar-refractivity contribution in [2.24, 2.45) is 0 Å². The molecule has 0 heterocycles. The molecule has 0 saturated carbocycles. The third-order valence-electron chi connectivity index (χ3n) is 2.65. The van der Waals surface area contributed by atoms with E-state index in [2.05, 4.69) is 4.74 Å². The van der Waals surface area contributed by atoms with E-state index in [0.29, 0.717) is 17.0 Å². The molecule has 0 atom stereocenters. The largest absolute Gasteiger partial charge is 0.465 e. The van der Waals surface area contributed by atoms with E-state index in [0.717, 1.165) is 10.5 Å². The van der Waals surface area contributed by atoms with Crippen LogP contribution in [0.5, 0.6) is 0 Å². The molecule has 0 aromatic heterocycles. The lowest BCUT2D eigenvalue weighted by molar-refractivity contribution is 0.0600. The van der Waals surface area contributed by atoms with Gasteiger partial charge in [-0.1, -0.05) is 12.1 Å². The van der Waals surface area contributed by atoms with Gasteiger partial charge in [0.2, 0.25) is 0 Å².